The van der Waals surface area contributed by atoms with Gasteiger partial charge < -0.3 is 33.8 Å². The highest BCUT2D eigenvalue weighted by molar-refractivity contribution is 7.47. The monoisotopic (exact) mass is 1370 g/mol. The average Bonchev–Trinajstić information content (AvgIpc) is 1.51. The molecule has 0 saturated heterocycles. The lowest BCUT2D eigenvalue weighted by atomic mass is 10.0. The number of hydrogen-bond acceptors (Lipinski definition) is 15. The first-order valence-corrected chi connectivity index (χ1v) is 41.5. The maximum absolute atomic E-state index is 13.1. The third-order valence-electron chi connectivity index (χ3n) is 17.2. The SMILES string of the molecule is CCCCCCCCCCCCCCCCC(=O)OC[C@H](COP(=O)(O)OC[C@@H](O)COP(=O)(O)OC[C@@H](COC(=O)CCCCCCCCCC)OC(=O)CCCCCCCCCCCC(C)C)OC(=O)CCCCCCCCCCCCCCCCCCC(C)C. The van der Waals surface area contributed by atoms with E-state index in [4.69, 9.17) is 37.0 Å². The Morgan fingerprint density at radius 3 is 0.731 bits per heavy atom. The topological polar surface area (TPSA) is 237 Å². The lowest BCUT2D eigenvalue weighted by Gasteiger charge is -2.21. The number of aliphatic hydroxyl groups is 1. The lowest BCUT2D eigenvalue weighted by molar-refractivity contribution is -0.161. The molecule has 0 aliphatic carbocycles. The van der Waals surface area contributed by atoms with E-state index in [0.717, 1.165) is 108 Å². The van der Waals surface area contributed by atoms with Crippen molar-refractivity contribution in [2.75, 3.05) is 39.6 Å². The second-order valence-corrected chi connectivity index (χ2v) is 30.5. The summed E-state index contributed by atoms with van der Waals surface area (Å²) < 4.78 is 68.4. The first-order chi connectivity index (χ1) is 44.9. The van der Waals surface area contributed by atoms with Crippen LogP contribution in [0.2, 0.25) is 0 Å². The van der Waals surface area contributed by atoms with E-state index in [1.54, 1.807) is 0 Å². The summed E-state index contributed by atoms with van der Waals surface area (Å²) in [6.07, 6.45) is 52.8. The van der Waals surface area contributed by atoms with E-state index in [1.165, 1.54) is 193 Å². The summed E-state index contributed by atoms with van der Waals surface area (Å²) in [5.41, 5.74) is 0. The van der Waals surface area contributed by atoms with Crippen LogP contribution in [-0.2, 0) is 65.4 Å². The van der Waals surface area contributed by atoms with Crippen molar-refractivity contribution in [1.82, 2.24) is 0 Å². The molecule has 0 aromatic heterocycles. The molecule has 19 heteroatoms. The van der Waals surface area contributed by atoms with Crippen molar-refractivity contribution < 1.29 is 80.2 Å². The fourth-order valence-corrected chi connectivity index (χ4v) is 12.9. The molecule has 0 aliphatic rings. The number of phosphoric ester groups is 2. The number of aliphatic hydroxyl groups excluding tert-OH is 1. The minimum atomic E-state index is -4.95. The van der Waals surface area contributed by atoms with Gasteiger partial charge in [-0.15, -0.1) is 0 Å². The molecular formula is C74H144O17P2. The third-order valence-corrected chi connectivity index (χ3v) is 19.1. The molecule has 0 amide bonds. The first kappa shape index (κ1) is 91.1. The molecule has 0 aromatic rings. The summed E-state index contributed by atoms with van der Waals surface area (Å²) in [5.74, 6) is -0.574. The van der Waals surface area contributed by atoms with Crippen LogP contribution in [0.3, 0.4) is 0 Å². The Kier molecular flexibility index (Phi) is 64.6. The second-order valence-electron chi connectivity index (χ2n) is 27.6. The standard InChI is InChI=1S/C74H144O17P2/c1-7-9-11-13-15-17-18-19-25-28-33-39-45-51-57-72(77)85-63-70(90-73(78)58-52-46-40-34-29-26-23-21-20-22-24-27-31-36-42-48-54-66(3)4)65-89-93(82,83)87-61-68(75)60-86-92(80,81)88-64-69(62-84-71(76)56-50-44-38-16-14-12-10-8-2)91-74(79)59-53-47-41-35-30-32-37-43-49-55-67(5)6/h66-70,75H,7-65H2,1-6H3,(H,80,81)(H,82,83)/t68-,69+,70+/m0/s1. The van der Waals surface area contributed by atoms with E-state index < -0.39 is 97.5 Å². The number of carbonyl (C=O) groups excluding carboxylic acids is 4. The van der Waals surface area contributed by atoms with Crippen LogP contribution in [0.25, 0.3) is 0 Å². The molecule has 17 nitrogen and oxygen atoms in total. The highest BCUT2D eigenvalue weighted by Gasteiger charge is 2.30. The molecule has 0 spiro atoms. The van der Waals surface area contributed by atoms with Gasteiger partial charge in [-0.3, -0.25) is 37.3 Å². The van der Waals surface area contributed by atoms with E-state index in [1.807, 2.05) is 0 Å². The van der Waals surface area contributed by atoms with Crippen LogP contribution in [0.5, 0.6) is 0 Å². The van der Waals surface area contributed by atoms with Crippen molar-refractivity contribution in [2.45, 2.75) is 400 Å². The molecule has 552 valence electrons. The molecular weight excluding hydrogens is 1220 g/mol. The van der Waals surface area contributed by atoms with Gasteiger partial charge in [0.2, 0.25) is 0 Å². The van der Waals surface area contributed by atoms with Crippen LogP contribution < -0.4 is 0 Å². The molecule has 0 rings (SSSR count). The zero-order valence-electron chi connectivity index (χ0n) is 60.6. The molecule has 0 bridgehead atoms. The summed E-state index contributed by atoms with van der Waals surface area (Å²) in [5, 5.41) is 10.6. The summed E-state index contributed by atoms with van der Waals surface area (Å²) >= 11 is 0. The van der Waals surface area contributed by atoms with Gasteiger partial charge in [-0.05, 0) is 37.5 Å². The zero-order valence-corrected chi connectivity index (χ0v) is 62.3. The summed E-state index contributed by atoms with van der Waals surface area (Å²) in [6, 6.07) is 0. The van der Waals surface area contributed by atoms with E-state index >= 15 is 0 Å². The molecule has 0 fully saturated rings. The molecule has 0 aromatic carbocycles. The first-order valence-electron chi connectivity index (χ1n) is 38.5. The zero-order chi connectivity index (χ0) is 68.6. The maximum Gasteiger partial charge on any atom is 0.472 e. The van der Waals surface area contributed by atoms with Gasteiger partial charge in [0, 0.05) is 25.7 Å². The van der Waals surface area contributed by atoms with Crippen molar-refractivity contribution >= 4 is 39.5 Å². The number of hydrogen-bond donors (Lipinski definition) is 3. The Bertz CT molecular complexity index is 1800. The van der Waals surface area contributed by atoms with Crippen LogP contribution in [0.15, 0.2) is 0 Å². The molecule has 3 N–H and O–H groups in total. The van der Waals surface area contributed by atoms with Gasteiger partial charge in [-0.2, -0.15) is 0 Å². The number of carbonyl (C=O) groups is 4. The summed E-state index contributed by atoms with van der Waals surface area (Å²) in [7, 11) is -9.90. The average molecular weight is 1370 g/mol. The van der Waals surface area contributed by atoms with Crippen LogP contribution in [-0.4, -0.2) is 96.7 Å². The third kappa shape index (κ3) is 68.4. The number of esters is 4. The number of phosphoric acid groups is 2. The quantitative estimate of drug-likeness (QED) is 0.0222. The van der Waals surface area contributed by atoms with Crippen LogP contribution in [0, 0.1) is 11.8 Å². The second kappa shape index (κ2) is 66.0. The predicted molar refractivity (Wildman–Crippen MR) is 377 cm³/mol. The fourth-order valence-electron chi connectivity index (χ4n) is 11.3. The van der Waals surface area contributed by atoms with Gasteiger partial charge in [0.1, 0.15) is 19.3 Å². The minimum absolute atomic E-state index is 0.105. The molecule has 93 heavy (non-hydrogen) atoms. The molecule has 2 unspecified atom stereocenters. The number of rotatable bonds is 73. The van der Waals surface area contributed by atoms with Gasteiger partial charge in [0.15, 0.2) is 12.2 Å². The Hall–Kier alpha value is -1.94. The van der Waals surface area contributed by atoms with Gasteiger partial charge in [-0.1, -0.05) is 330 Å². The van der Waals surface area contributed by atoms with Crippen molar-refractivity contribution in [1.29, 1.82) is 0 Å². The Balaban J connectivity index is 5.20. The predicted octanol–water partition coefficient (Wildman–Crippen LogP) is 21.6. The van der Waals surface area contributed by atoms with Gasteiger partial charge in [-0.25, -0.2) is 9.13 Å². The Labute approximate surface area is 568 Å². The molecule has 0 saturated carbocycles. The largest absolute Gasteiger partial charge is 0.472 e. The Morgan fingerprint density at radius 2 is 0.495 bits per heavy atom. The van der Waals surface area contributed by atoms with Gasteiger partial charge >= 0.3 is 39.5 Å². The minimum Gasteiger partial charge on any atom is -0.462 e. The molecule has 0 radical (unpaired) electrons. The molecule has 0 heterocycles. The van der Waals surface area contributed by atoms with Crippen molar-refractivity contribution in [3.05, 3.63) is 0 Å². The number of unbranched alkanes of at least 4 members (excludes halogenated alkanes) is 43. The normalized spacial score (nSPS) is 14.1. The number of ether oxygens (including phenoxy) is 4. The summed E-state index contributed by atoms with van der Waals surface area (Å²) in [6.45, 7) is 9.56. The van der Waals surface area contributed by atoms with Gasteiger partial charge in [0.05, 0.1) is 26.4 Å². The highest BCUT2D eigenvalue weighted by atomic mass is 31.2. The van der Waals surface area contributed by atoms with E-state index in [0.29, 0.717) is 25.7 Å². The van der Waals surface area contributed by atoms with Crippen molar-refractivity contribution in [3.63, 3.8) is 0 Å². The maximum atomic E-state index is 13.1. The van der Waals surface area contributed by atoms with Crippen LogP contribution >= 0.6 is 15.6 Å². The van der Waals surface area contributed by atoms with E-state index in [9.17, 15) is 43.2 Å². The molecule has 0 aliphatic heterocycles. The van der Waals surface area contributed by atoms with E-state index in [2.05, 4.69) is 41.5 Å². The molecule has 5 atom stereocenters. The van der Waals surface area contributed by atoms with Crippen LogP contribution in [0.4, 0.5) is 0 Å². The summed E-state index contributed by atoms with van der Waals surface area (Å²) in [4.78, 5) is 72.6. The lowest BCUT2D eigenvalue weighted by Crippen LogP contribution is -2.30. The van der Waals surface area contributed by atoms with Crippen molar-refractivity contribution in [3.8, 4) is 0 Å². The highest BCUT2D eigenvalue weighted by Crippen LogP contribution is 2.45. The van der Waals surface area contributed by atoms with Crippen LogP contribution in [0.1, 0.15) is 382 Å². The smallest absolute Gasteiger partial charge is 0.462 e. The fraction of sp³-hybridized carbons (Fsp3) is 0.946. The van der Waals surface area contributed by atoms with Crippen molar-refractivity contribution in [2.24, 2.45) is 11.8 Å². The van der Waals surface area contributed by atoms with Gasteiger partial charge in [0.25, 0.3) is 0 Å². The van der Waals surface area contributed by atoms with E-state index in [-0.39, 0.29) is 25.7 Å². The Morgan fingerprint density at radius 1 is 0.290 bits per heavy atom.